The Labute approximate surface area is 107 Å². The second kappa shape index (κ2) is 4.31. The number of benzene rings is 1. The quantitative estimate of drug-likeness (QED) is 0.809. The van der Waals surface area contributed by atoms with Crippen molar-refractivity contribution in [3.8, 4) is 5.69 Å². The highest BCUT2D eigenvalue weighted by Gasteiger charge is 2.35. The molecule has 3 nitrogen and oxygen atoms in total. The topological polar surface area (TPSA) is 30.7 Å². The van der Waals surface area contributed by atoms with Gasteiger partial charge in [-0.2, -0.15) is 13.2 Å². The number of nitrogens with zero attached hydrogens (tertiary/aromatic N) is 3. The standard InChI is InChI=1S/C11H10F3N3S/c1-6-3-8(4-9(18)7(6)2)17-5-15-10(16-17)11(12,13)14/h3-5,18H,1-2H3. The van der Waals surface area contributed by atoms with Gasteiger partial charge in [-0.05, 0) is 37.1 Å². The van der Waals surface area contributed by atoms with Gasteiger partial charge in [-0.25, -0.2) is 9.67 Å². The summed E-state index contributed by atoms with van der Waals surface area (Å²) in [7, 11) is 0. The van der Waals surface area contributed by atoms with Crippen LogP contribution in [-0.2, 0) is 6.18 Å². The number of aryl methyl sites for hydroxylation is 1. The van der Waals surface area contributed by atoms with E-state index in [-0.39, 0.29) is 0 Å². The first-order chi connectivity index (χ1) is 8.29. The van der Waals surface area contributed by atoms with Crippen molar-refractivity contribution in [1.82, 2.24) is 14.8 Å². The van der Waals surface area contributed by atoms with E-state index in [9.17, 15) is 13.2 Å². The highest BCUT2D eigenvalue weighted by molar-refractivity contribution is 7.80. The Morgan fingerprint density at radius 1 is 1.22 bits per heavy atom. The lowest BCUT2D eigenvalue weighted by Gasteiger charge is -2.08. The van der Waals surface area contributed by atoms with Gasteiger partial charge in [0.2, 0.25) is 0 Å². The van der Waals surface area contributed by atoms with Crippen LogP contribution in [0, 0.1) is 13.8 Å². The number of thiol groups is 1. The van der Waals surface area contributed by atoms with Crippen molar-refractivity contribution in [1.29, 1.82) is 0 Å². The van der Waals surface area contributed by atoms with E-state index in [1.54, 1.807) is 12.1 Å². The van der Waals surface area contributed by atoms with Gasteiger partial charge in [-0.3, -0.25) is 0 Å². The Balaban J connectivity index is 2.47. The van der Waals surface area contributed by atoms with Gasteiger partial charge in [0.1, 0.15) is 6.33 Å². The highest BCUT2D eigenvalue weighted by atomic mass is 32.1. The summed E-state index contributed by atoms with van der Waals surface area (Å²) in [5.74, 6) is -1.15. The Morgan fingerprint density at radius 2 is 1.89 bits per heavy atom. The molecule has 1 aromatic carbocycles. The van der Waals surface area contributed by atoms with E-state index in [4.69, 9.17) is 0 Å². The molecule has 0 N–H and O–H groups in total. The zero-order chi connectivity index (χ0) is 13.5. The Kier molecular flexibility index (Phi) is 3.10. The fourth-order valence-electron chi connectivity index (χ4n) is 1.47. The first-order valence-corrected chi connectivity index (χ1v) is 5.53. The molecule has 0 amide bonds. The third-order valence-electron chi connectivity index (χ3n) is 2.63. The molecular formula is C11H10F3N3S. The molecule has 0 fully saturated rings. The third kappa shape index (κ3) is 2.35. The van der Waals surface area contributed by atoms with E-state index in [0.29, 0.717) is 10.6 Å². The molecule has 0 saturated carbocycles. The van der Waals surface area contributed by atoms with Crippen LogP contribution in [-0.4, -0.2) is 14.8 Å². The molecule has 2 aromatic rings. The van der Waals surface area contributed by atoms with Gasteiger partial charge < -0.3 is 0 Å². The lowest BCUT2D eigenvalue weighted by molar-refractivity contribution is -0.144. The number of hydrogen-bond donors (Lipinski definition) is 1. The average Bonchev–Trinajstić information content (AvgIpc) is 2.73. The van der Waals surface area contributed by atoms with Crippen LogP contribution in [0.3, 0.4) is 0 Å². The highest BCUT2D eigenvalue weighted by Crippen LogP contribution is 2.27. The van der Waals surface area contributed by atoms with Crippen LogP contribution in [0.2, 0.25) is 0 Å². The number of halogens is 3. The molecule has 7 heteroatoms. The van der Waals surface area contributed by atoms with Crippen LogP contribution >= 0.6 is 12.6 Å². The third-order valence-corrected chi connectivity index (χ3v) is 3.10. The van der Waals surface area contributed by atoms with Crippen LogP contribution in [0.5, 0.6) is 0 Å². The van der Waals surface area contributed by atoms with Crippen LogP contribution in [0.1, 0.15) is 17.0 Å². The van der Waals surface area contributed by atoms with Gasteiger partial charge in [-0.1, -0.05) is 0 Å². The second-order valence-corrected chi connectivity index (χ2v) is 4.40. The van der Waals surface area contributed by atoms with Gasteiger partial charge in [0.15, 0.2) is 0 Å². The summed E-state index contributed by atoms with van der Waals surface area (Å²) in [5, 5.41) is 3.41. The van der Waals surface area contributed by atoms with E-state index in [2.05, 4.69) is 22.7 Å². The SMILES string of the molecule is Cc1cc(-n2cnc(C(F)(F)F)n2)cc(S)c1C. The van der Waals surface area contributed by atoms with Gasteiger partial charge in [0.25, 0.3) is 5.82 Å². The Morgan fingerprint density at radius 3 is 2.39 bits per heavy atom. The predicted molar refractivity (Wildman–Crippen MR) is 63.1 cm³/mol. The minimum atomic E-state index is -4.53. The summed E-state index contributed by atoms with van der Waals surface area (Å²) in [4.78, 5) is 3.95. The summed E-state index contributed by atoms with van der Waals surface area (Å²) in [6.07, 6.45) is -3.49. The lowest BCUT2D eigenvalue weighted by atomic mass is 10.1. The minimum absolute atomic E-state index is 0.506. The fraction of sp³-hybridized carbons (Fsp3) is 0.273. The summed E-state index contributed by atoms with van der Waals surface area (Å²) in [6, 6.07) is 3.39. The first kappa shape index (κ1) is 12.9. The zero-order valence-electron chi connectivity index (χ0n) is 9.65. The van der Waals surface area contributed by atoms with Crippen molar-refractivity contribution in [2.75, 3.05) is 0 Å². The van der Waals surface area contributed by atoms with E-state index in [1.807, 2.05) is 13.8 Å². The maximum absolute atomic E-state index is 12.4. The lowest BCUT2D eigenvalue weighted by Crippen LogP contribution is -2.08. The fourth-order valence-corrected chi connectivity index (χ4v) is 1.78. The molecule has 0 aliphatic heterocycles. The molecule has 0 spiro atoms. The molecular weight excluding hydrogens is 263 g/mol. The molecule has 0 saturated heterocycles. The summed E-state index contributed by atoms with van der Waals surface area (Å²) in [5.41, 5.74) is 2.42. The summed E-state index contributed by atoms with van der Waals surface area (Å²) < 4.78 is 38.3. The zero-order valence-corrected chi connectivity index (χ0v) is 10.5. The first-order valence-electron chi connectivity index (χ1n) is 5.08. The predicted octanol–water partition coefficient (Wildman–Crippen LogP) is 3.19. The second-order valence-electron chi connectivity index (χ2n) is 3.92. The summed E-state index contributed by atoms with van der Waals surface area (Å²) in [6.45, 7) is 3.75. The number of alkyl halides is 3. The van der Waals surface area contributed by atoms with Crippen molar-refractivity contribution in [3.05, 3.63) is 35.4 Å². The molecule has 1 aromatic heterocycles. The normalized spacial score (nSPS) is 11.9. The Bertz CT molecular complexity index is 566. The van der Waals surface area contributed by atoms with Gasteiger partial charge >= 0.3 is 6.18 Å². The average molecular weight is 273 g/mol. The van der Waals surface area contributed by atoms with Crippen LogP contribution in [0.25, 0.3) is 5.69 Å². The number of aromatic nitrogens is 3. The molecule has 96 valence electrons. The van der Waals surface area contributed by atoms with Crippen LogP contribution in [0.4, 0.5) is 13.2 Å². The van der Waals surface area contributed by atoms with Crippen LogP contribution < -0.4 is 0 Å². The van der Waals surface area contributed by atoms with Gasteiger partial charge in [0.05, 0.1) is 5.69 Å². The van der Waals surface area contributed by atoms with E-state index in [0.717, 1.165) is 22.1 Å². The van der Waals surface area contributed by atoms with E-state index >= 15 is 0 Å². The van der Waals surface area contributed by atoms with Crippen LogP contribution in [0.15, 0.2) is 23.4 Å². The number of rotatable bonds is 1. The van der Waals surface area contributed by atoms with Crippen molar-refractivity contribution >= 4 is 12.6 Å². The molecule has 2 rings (SSSR count). The monoisotopic (exact) mass is 273 g/mol. The molecule has 0 aliphatic rings. The van der Waals surface area contributed by atoms with E-state index in [1.165, 1.54) is 0 Å². The smallest absolute Gasteiger partial charge is 0.220 e. The summed E-state index contributed by atoms with van der Waals surface area (Å²) >= 11 is 4.27. The van der Waals surface area contributed by atoms with Crippen molar-refractivity contribution in [2.24, 2.45) is 0 Å². The number of hydrogen-bond acceptors (Lipinski definition) is 3. The Hall–Kier alpha value is -1.50. The molecule has 0 aliphatic carbocycles. The molecule has 0 atom stereocenters. The largest absolute Gasteiger partial charge is 0.453 e. The van der Waals surface area contributed by atoms with Gasteiger partial charge in [0, 0.05) is 4.90 Å². The molecule has 0 bridgehead atoms. The molecule has 1 heterocycles. The maximum atomic E-state index is 12.4. The van der Waals surface area contributed by atoms with E-state index < -0.39 is 12.0 Å². The molecule has 0 radical (unpaired) electrons. The van der Waals surface area contributed by atoms with Crippen molar-refractivity contribution in [2.45, 2.75) is 24.9 Å². The minimum Gasteiger partial charge on any atom is -0.220 e. The van der Waals surface area contributed by atoms with Crippen molar-refractivity contribution < 1.29 is 13.2 Å². The molecule has 0 unspecified atom stereocenters. The van der Waals surface area contributed by atoms with Crippen molar-refractivity contribution in [3.63, 3.8) is 0 Å². The molecule has 18 heavy (non-hydrogen) atoms. The van der Waals surface area contributed by atoms with Gasteiger partial charge in [-0.15, -0.1) is 17.7 Å². The maximum Gasteiger partial charge on any atom is 0.453 e.